The molecule has 0 aliphatic heterocycles. The van der Waals surface area contributed by atoms with Gasteiger partial charge >= 0.3 is 12.1 Å². The Morgan fingerprint density at radius 1 is 1.21 bits per heavy atom. The van der Waals surface area contributed by atoms with Crippen molar-refractivity contribution in [2.75, 3.05) is 7.11 Å². The zero-order valence-electron chi connectivity index (χ0n) is 16.4. The third-order valence-corrected chi connectivity index (χ3v) is 4.62. The van der Waals surface area contributed by atoms with E-state index in [1.165, 1.54) is 7.11 Å². The van der Waals surface area contributed by atoms with Gasteiger partial charge in [-0.25, -0.2) is 18.6 Å². The van der Waals surface area contributed by atoms with Crippen LogP contribution in [0.5, 0.6) is 0 Å². The monoisotopic (exact) mass is 395 g/mol. The van der Waals surface area contributed by atoms with Gasteiger partial charge in [0, 0.05) is 0 Å². The van der Waals surface area contributed by atoms with Crippen LogP contribution in [0.1, 0.15) is 50.7 Å². The summed E-state index contributed by atoms with van der Waals surface area (Å²) in [6.07, 6.45) is -0.528. The molecule has 1 heterocycles. The number of ether oxygens (including phenoxy) is 2. The normalized spacial score (nSPS) is 15.4. The fourth-order valence-corrected chi connectivity index (χ4v) is 3.35. The average Bonchev–Trinajstić information content (AvgIpc) is 3.22. The van der Waals surface area contributed by atoms with E-state index in [2.05, 4.69) is 20.0 Å². The van der Waals surface area contributed by atoms with Crippen molar-refractivity contribution < 1.29 is 27.8 Å². The van der Waals surface area contributed by atoms with Crippen LogP contribution in [-0.2, 0) is 27.1 Å². The van der Waals surface area contributed by atoms with Gasteiger partial charge in [-0.3, -0.25) is 4.79 Å². The van der Waals surface area contributed by atoms with Gasteiger partial charge in [0.2, 0.25) is 0 Å². The number of alkyl carbamates (subject to hydrolysis) is 1. The van der Waals surface area contributed by atoms with Crippen LogP contribution < -0.4 is 5.32 Å². The molecule has 0 saturated heterocycles. The van der Waals surface area contributed by atoms with E-state index in [4.69, 9.17) is 4.74 Å². The van der Waals surface area contributed by atoms with Crippen LogP contribution >= 0.6 is 0 Å². The average molecular weight is 395 g/mol. The molecule has 7 nitrogen and oxygen atoms in total. The smallest absolute Gasteiger partial charge is 0.408 e. The molecular formula is C19H23F2N3O4. The van der Waals surface area contributed by atoms with Crippen LogP contribution in [0.4, 0.5) is 13.6 Å². The molecule has 2 atom stereocenters. The van der Waals surface area contributed by atoms with E-state index in [9.17, 15) is 18.4 Å². The molecule has 152 valence electrons. The van der Waals surface area contributed by atoms with Gasteiger partial charge in [0.25, 0.3) is 0 Å². The van der Waals surface area contributed by atoms with Crippen molar-refractivity contribution in [1.82, 2.24) is 15.3 Å². The fraction of sp³-hybridized carbons (Fsp3) is 0.526. The standard InChI is InChI=1S/C19H23F2N3O4/c1-8(22-18(26)28-19(2,3)4)16-23-14-12(20)10-6-9(17(25)27-5)7-11(10)13(21)15(14)24-16/h8-9H,6-7H2,1-5H3,(H,22,26)(H,23,24). The molecule has 1 aromatic heterocycles. The van der Waals surface area contributed by atoms with Crippen molar-refractivity contribution in [2.24, 2.45) is 5.92 Å². The molecule has 0 fully saturated rings. The number of methoxy groups -OCH3 is 1. The number of aromatic amines is 1. The highest BCUT2D eigenvalue weighted by Gasteiger charge is 2.35. The Balaban J connectivity index is 1.90. The van der Waals surface area contributed by atoms with E-state index in [1.54, 1.807) is 27.7 Å². The number of carbonyl (C=O) groups is 2. The summed E-state index contributed by atoms with van der Waals surface area (Å²) in [6, 6.07) is -0.654. The Hall–Kier alpha value is -2.71. The summed E-state index contributed by atoms with van der Waals surface area (Å²) < 4.78 is 39.8. The SMILES string of the molecule is COC(=O)C1Cc2c(c(F)c3[nH]c(C(C)NC(=O)OC(C)(C)C)nc3c2F)C1. The number of hydrogen-bond donors (Lipinski definition) is 2. The highest BCUT2D eigenvalue weighted by molar-refractivity contribution is 5.82. The highest BCUT2D eigenvalue weighted by Crippen LogP contribution is 2.36. The van der Waals surface area contributed by atoms with Crippen LogP contribution in [0.25, 0.3) is 11.0 Å². The van der Waals surface area contributed by atoms with Crippen LogP contribution in [0, 0.1) is 17.6 Å². The van der Waals surface area contributed by atoms with E-state index in [0.29, 0.717) is 0 Å². The molecule has 28 heavy (non-hydrogen) atoms. The number of H-pyrrole nitrogens is 1. The molecule has 3 rings (SSSR count). The number of fused-ring (bicyclic) bond motifs is 2. The van der Waals surface area contributed by atoms with Gasteiger partial charge in [-0.15, -0.1) is 0 Å². The minimum absolute atomic E-state index is 0.0641. The lowest BCUT2D eigenvalue weighted by atomic mass is 10.1. The van der Waals surface area contributed by atoms with Crippen molar-refractivity contribution in [3.8, 4) is 0 Å². The van der Waals surface area contributed by atoms with Crippen LogP contribution in [0.3, 0.4) is 0 Å². The molecule has 2 N–H and O–H groups in total. The number of nitrogens with one attached hydrogen (secondary N) is 2. The van der Waals surface area contributed by atoms with Gasteiger partial charge < -0.3 is 19.8 Å². The van der Waals surface area contributed by atoms with E-state index >= 15 is 0 Å². The summed E-state index contributed by atoms with van der Waals surface area (Å²) in [5.41, 5.74) is -0.619. The molecule has 0 bridgehead atoms. The van der Waals surface area contributed by atoms with Gasteiger partial charge in [-0.2, -0.15) is 0 Å². The number of nitrogens with zero attached hydrogens (tertiary/aromatic N) is 1. The van der Waals surface area contributed by atoms with Crippen molar-refractivity contribution >= 4 is 23.1 Å². The second-order valence-corrected chi connectivity index (χ2v) is 7.93. The molecule has 1 amide bonds. The van der Waals surface area contributed by atoms with Crippen molar-refractivity contribution in [3.05, 3.63) is 28.6 Å². The molecule has 0 radical (unpaired) electrons. The van der Waals surface area contributed by atoms with Crippen LogP contribution in [0.15, 0.2) is 0 Å². The predicted octanol–water partition coefficient (Wildman–Crippen LogP) is 3.31. The second-order valence-electron chi connectivity index (χ2n) is 7.93. The number of aromatic nitrogens is 2. The molecule has 2 aromatic rings. The maximum absolute atomic E-state index is 15.0. The number of esters is 1. The first-order chi connectivity index (χ1) is 13.0. The van der Waals surface area contributed by atoms with Gasteiger partial charge in [0.1, 0.15) is 22.5 Å². The van der Waals surface area contributed by atoms with E-state index in [-0.39, 0.29) is 40.8 Å². The third-order valence-electron chi connectivity index (χ3n) is 4.62. The predicted molar refractivity (Wildman–Crippen MR) is 96.7 cm³/mol. The summed E-state index contributed by atoms with van der Waals surface area (Å²) in [5.74, 6) is -2.21. The second kappa shape index (κ2) is 7.03. The van der Waals surface area contributed by atoms with Gasteiger partial charge in [-0.1, -0.05) is 0 Å². The first-order valence-corrected chi connectivity index (χ1v) is 8.97. The fourth-order valence-electron chi connectivity index (χ4n) is 3.35. The summed E-state index contributed by atoms with van der Waals surface area (Å²) >= 11 is 0. The molecule has 0 spiro atoms. The first-order valence-electron chi connectivity index (χ1n) is 8.97. The van der Waals surface area contributed by atoms with E-state index in [0.717, 1.165) is 0 Å². The number of benzene rings is 1. The summed E-state index contributed by atoms with van der Waals surface area (Å²) in [7, 11) is 1.25. The Bertz CT molecular complexity index is 900. The number of halogens is 2. The molecule has 9 heteroatoms. The topological polar surface area (TPSA) is 93.3 Å². The zero-order chi connectivity index (χ0) is 20.8. The van der Waals surface area contributed by atoms with Gasteiger partial charge in [0.15, 0.2) is 11.6 Å². The Morgan fingerprint density at radius 3 is 2.39 bits per heavy atom. The summed E-state index contributed by atoms with van der Waals surface area (Å²) in [5, 5.41) is 2.58. The van der Waals surface area contributed by atoms with Crippen molar-refractivity contribution in [2.45, 2.75) is 52.2 Å². The number of hydrogen-bond acceptors (Lipinski definition) is 5. The number of imidazole rings is 1. The lowest BCUT2D eigenvalue weighted by Gasteiger charge is -2.21. The molecule has 2 unspecified atom stereocenters. The maximum Gasteiger partial charge on any atom is 0.408 e. The lowest BCUT2D eigenvalue weighted by molar-refractivity contribution is -0.145. The Labute approximate surface area is 160 Å². The number of amides is 1. The molecule has 0 saturated carbocycles. The maximum atomic E-state index is 15.0. The van der Waals surface area contributed by atoms with Crippen molar-refractivity contribution in [1.29, 1.82) is 0 Å². The van der Waals surface area contributed by atoms with E-state index < -0.39 is 41.3 Å². The van der Waals surface area contributed by atoms with E-state index in [1.807, 2.05) is 0 Å². The van der Waals surface area contributed by atoms with Crippen LogP contribution in [0.2, 0.25) is 0 Å². The van der Waals surface area contributed by atoms with Gasteiger partial charge in [-0.05, 0) is 51.7 Å². The lowest BCUT2D eigenvalue weighted by Crippen LogP contribution is -2.34. The third kappa shape index (κ3) is 3.65. The van der Waals surface area contributed by atoms with Gasteiger partial charge in [0.05, 0.1) is 19.1 Å². The highest BCUT2D eigenvalue weighted by atomic mass is 19.1. The molecule has 1 aromatic carbocycles. The van der Waals surface area contributed by atoms with Crippen LogP contribution in [-0.4, -0.2) is 34.7 Å². The number of rotatable bonds is 3. The number of carbonyl (C=O) groups excluding carboxylic acids is 2. The molecule has 1 aliphatic rings. The minimum atomic E-state index is -0.674. The quantitative estimate of drug-likeness (QED) is 0.778. The first kappa shape index (κ1) is 20.0. The largest absolute Gasteiger partial charge is 0.469 e. The van der Waals surface area contributed by atoms with Crippen molar-refractivity contribution in [3.63, 3.8) is 0 Å². The minimum Gasteiger partial charge on any atom is -0.469 e. The Morgan fingerprint density at radius 2 is 1.82 bits per heavy atom. The summed E-state index contributed by atoms with van der Waals surface area (Å²) in [4.78, 5) is 30.5. The molecular weight excluding hydrogens is 372 g/mol. The zero-order valence-corrected chi connectivity index (χ0v) is 16.4. The molecule has 1 aliphatic carbocycles. The summed E-state index contributed by atoms with van der Waals surface area (Å²) in [6.45, 7) is 6.81. The Kier molecular flexibility index (Phi) is 5.03.